The molecule has 0 amide bonds. The molecule has 0 saturated heterocycles. The van der Waals surface area contributed by atoms with Crippen LogP contribution in [-0.2, 0) is 11.5 Å². The molecule has 0 aliphatic rings. The summed E-state index contributed by atoms with van der Waals surface area (Å²) in [4.78, 5) is 10.4. The number of amidine groups is 2. The van der Waals surface area contributed by atoms with E-state index in [2.05, 4.69) is 0 Å². The first-order valence-corrected chi connectivity index (χ1v) is 7.06. The van der Waals surface area contributed by atoms with E-state index in [1.54, 1.807) is 6.07 Å². The van der Waals surface area contributed by atoms with Crippen molar-refractivity contribution in [2.24, 2.45) is 11.5 Å². The quantitative estimate of drug-likeness (QED) is 0.283. The first kappa shape index (κ1) is 15.3. The third kappa shape index (κ3) is 5.62. The van der Waals surface area contributed by atoms with Crippen LogP contribution < -0.4 is 11.5 Å². The summed E-state index contributed by atoms with van der Waals surface area (Å²) in [6.07, 6.45) is 0. The predicted octanol–water partition coefficient (Wildman–Crippen LogP) is 1.85. The van der Waals surface area contributed by atoms with Gasteiger partial charge in [0.25, 0.3) is 5.69 Å². The second-order valence-electron chi connectivity index (χ2n) is 3.57. The molecule has 0 fully saturated rings. The van der Waals surface area contributed by atoms with Crippen LogP contribution in [0.5, 0.6) is 0 Å². The second-order valence-corrected chi connectivity index (χ2v) is 5.61. The molecule has 19 heavy (non-hydrogen) atoms. The van der Waals surface area contributed by atoms with Gasteiger partial charge in [0.1, 0.15) is 0 Å². The van der Waals surface area contributed by atoms with Crippen molar-refractivity contribution in [3.05, 3.63) is 39.4 Å². The molecule has 0 bridgehead atoms. The maximum Gasteiger partial charge on any atom is 0.270 e. The van der Waals surface area contributed by atoms with Crippen molar-refractivity contribution in [1.82, 2.24) is 0 Å². The summed E-state index contributed by atoms with van der Waals surface area (Å²) < 4.78 is 0. The van der Waals surface area contributed by atoms with Crippen LogP contribution >= 0.6 is 23.5 Å². The lowest BCUT2D eigenvalue weighted by Crippen LogP contribution is -2.05. The Bertz CT molecular complexity index is 484. The molecule has 1 aromatic rings. The average molecular weight is 299 g/mol. The predicted molar refractivity (Wildman–Crippen MR) is 79.5 cm³/mol. The molecule has 0 saturated carbocycles. The second kappa shape index (κ2) is 7.00. The van der Waals surface area contributed by atoms with Gasteiger partial charge in [0, 0.05) is 23.6 Å². The summed E-state index contributed by atoms with van der Waals surface area (Å²) in [5.74, 6) is 0.795. The Hall–Kier alpha value is -1.74. The third-order valence-electron chi connectivity index (χ3n) is 2.04. The Morgan fingerprint density at radius 3 is 1.84 bits per heavy atom. The van der Waals surface area contributed by atoms with Gasteiger partial charge in [0.05, 0.1) is 4.92 Å². The molecule has 1 rings (SSSR count). The van der Waals surface area contributed by atoms with Crippen LogP contribution in [-0.4, -0.2) is 15.3 Å². The first-order chi connectivity index (χ1) is 8.88. The molecule has 6 N–H and O–H groups in total. The van der Waals surface area contributed by atoms with E-state index in [1.165, 1.54) is 12.1 Å². The summed E-state index contributed by atoms with van der Waals surface area (Å²) in [6.45, 7) is 0. The summed E-state index contributed by atoms with van der Waals surface area (Å²) >= 11 is 2.21. The summed E-state index contributed by atoms with van der Waals surface area (Å²) in [5, 5.41) is 25.0. The number of benzene rings is 1. The van der Waals surface area contributed by atoms with E-state index < -0.39 is 4.92 Å². The Kier molecular flexibility index (Phi) is 5.64. The Labute approximate surface area is 118 Å². The largest absolute Gasteiger partial charge is 0.379 e. The lowest BCUT2D eigenvalue weighted by atomic mass is 10.1. The van der Waals surface area contributed by atoms with Crippen molar-refractivity contribution in [2.75, 3.05) is 0 Å². The van der Waals surface area contributed by atoms with Crippen LogP contribution in [0.1, 0.15) is 11.1 Å². The topological polar surface area (TPSA) is 143 Å². The fraction of sp³-hybridized carbons (Fsp3) is 0.200. The van der Waals surface area contributed by atoms with E-state index >= 15 is 0 Å². The van der Waals surface area contributed by atoms with Crippen LogP contribution in [0.4, 0.5) is 5.69 Å². The molecule has 102 valence electrons. The van der Waals surface area contributed by atoms with Gasteiger partial charge in [-0.3, -0.25) is 20.9 Å². The molecule has 0 aromatic heterocycles. The number of nitrogens with two attached hydrogens (primary N) is 2. The molecule has 9 heteroatoms. The average Bonchev–Trinajstić information content (AvgIpc) is 2.33. The maximum absolute atomic E-state index is 10.8. The SMILES string of the molecule is N=C(N)SCc1cc(CSC(=N)N)cc([N+](=O)[O-])c1. The Balaban J connectivity index is 2.93. The molecule has 0 heterocycles. The van der Waals surface area contributed by atoms with Crippen LogP contribution in [0, 0.1) is 20.9 Å². The van der Waals surface area contributed by atoms with Crippen molar-refractivity contribution < 1.29 is 4.92 Å². The standard InChI is InChI=1S/C10H13N5O2S2/c11-9(12)18-4-6-1-7(5-19-10(13)14)3-8(2-6)15(16)17/h1-3H,4-5H2,(H3,11,12)(H3,13,14). The molecule has 0 spiro atoms. The van der Waals surface area contributed by atoms with Crippen LogP contribution in [0.2, 0.25) is 0 Å². The minimum atomic E-state index is -0.468. The molecule has 0 aliphatic carbocycles. The fourth-order valence-corrected chi connectivity index (χ4v) is 2.31. The van der Waals surface area contributed by atoms with Crippen LogP contribution in [0.3, 0.4) is 0 Å². The Morgan fingerprint density at radius 2 is 1.53 bits per heavy atom. The number of rotatable bonds is 5. The highest BCUT2D eigenvalue weighted by molar-refractivity contribution is 8.13. The van der Waals surface area contributed by atoms with E-state index in [9.17, 15) is 10.1 Å². The van der Waals surface area contributed by atoms with Gasteiger partial charge in [0.2, 0.25) is 0 Å². The van der Waals surface area contributed by atoms with Crippen molar-refractivity contribution in [3.63, 3.8) is 0 Å². The van der Waals surface area contributed by atoms with Crippen LogP contribution in [0.15, 0.2) is 18.2 Å². The molecule has 0 aliphatic heterocycles. The van der Waals surface area contributed by atoms with E-state index in [-0.39, 0.29) is 16.0 Å². The summed E-state index contributed by atoms with van der Waals surface area (Å²) in [6, 6.07) is 4.70. The molecule has 1 aromatic carbocycles. The van der Waals surface area contributed by atoms with Gasteiger partial charge >= 0.3 is 0 Å². The first-order valence-electron chi connectivity index (χ1n) is 5.09. The molecule has 0 radical (unpaired) electrons. The summed E-state index contributed by atoms with van der Waals surface area (Å²) in [5.41, 5.74) is 11.9. The van der Waals surface area contributed by atoms with E-state index in [4.69, 9.17) is 22.3 Å². The zero-order valence-corrected chi connectivity index (χ0v) is 11.5. The monoisotopic (exact) mass is 299 g/mol. The number of thioether (sulfide) groups is 2. The number of nitro groups is 1. The highest BCUT2D eigenvalue weighted by Crippen LogP contribution is 2.23. The molecule has 7 nitrogen and oxygen atoms in total. The highest BCUT2D eigenvalue weighted by Gasteiger charge is 2.10. The van der Waals surface area contributed by atoms with Crippen LogP contribution in [0.25, 0.3) is 0 Å². The van der Waals surface area contributed by atoms with Gasteiger partial charge in [-0.25, -0.2) is 0 Å². The zero-order valence-electron chi connectivity index (χ0n) is 9.88. The number of non-ortho nitro benzene ring substituents is 1. The minimum absolute atomic E-state index is 0.0131. The highest BCUT2D eigenvalue weighted by atomic mass is 32.2. The van der Waals surface area contributed by atoms with Crippen molar-refractivity contribution in [2.45, 2.75) is 11.5 Å². The maximum atomic E-state index is 10.8. The third-order valence-corrected chi connectivity index (χ3v) is 3.61. The fourth-order valence-electron chi connectivity index (χ4n) is 1.34. The number of hydrogen-bond donors (Lipinski definition) is 4. The zero-order chi connectivity index (χ0) is 14.4. The molecular weight excluding hydrogens is 286 g/mol. The van der Waals surface area contributed by atoms with Gasteiger partial charge in [-0.15, -0.1) is 0 Å². The molecule has 0 atom stereocenters. The van der Waals surface area contributed by atoms with Gasteiger partial charge in [-0.2, -0.15) is 0 Å². The normalized spacial score (nSPS) is 10.1. The van der Waals surface area contributed by atoms with Crippen molar-refractivity contribution in [3.8, 4) is 0 Å². The Morgan fingerprint density at radius 1 is 1.11 bits per heavy atom. The lowest BCUT2D eigenvalue weighted by molar-refractivity contribution is -0.385. The smallest absolute Gasteiger partial charge is 0.270 e. The number of nitrogens with zero attached hydrogens (tertiary/aromatic N) is 1. The van der Waals surface area contributed by atoms with Gasteiger partial charge in [-0.1, -0.05) is 29.6 Å². The van der Waals surface area contributed by atoms with Crippen molar-refractivity contribution in [1.29, 1.82) is 10.8 Å². The number of nitrogens with one attached hydrogen (secondary N) is 2. The van der Waals surface area contributed by atoms with E-state index in [0.717, 1.165) is 23.5 Å². The molecular formula is C10H13N5O2S2. The minimum Gasteiger partial charge on any atom is -0.379 e. The number of nitro benzene ring substituents is 1. The summed E-state index contributed by atoms with van der Waals surface area (Å²) in [7, 11) is 0. The number of hydrogen-bond acceptors (Lipinski definition) is 6. The van der Waals surface area contributed by atoms with Gasteiger partial charge < -0.3 is 11.5 Å². The van der Waals surface area contributed by atoms with Gasteiger partial charge in [-0.05, 0) is 11.1 Å². The van der Waals surface area contributed by atoms with Crippen molar-refractivity contribution >= 4 is 39.5 Å². The van der Waals surface area contributed by atoms with Gasteiger partial charge in [0.15, 0.2) is 10.3 Å². The van der Waals surface area contributed by atoms with E-state index in [0.29, 0.717) is 22.6 Å². The molecule has 0 unspecified atom stereocenters. The lowest BCUT2D eigenvalue weighted by Gasteiger charge is -2.05. The van der Waals surface area contributed by atoms with E-state index in [1.807, 2.05) is 0 Å².